The molecule has 49 valence electrons. The molecule has 0 amide bonds. The molecule has 1 aromatic rings. The van der Waals surface area contributed by atoms with Crippen molar-refractivity contribution in [1.29, 1.82) is 0 Å². The Labute approximate surface area is 54.7 Å². The molecular weight excluding hydrogens is 114 g/mol. The summed E-state index contributed by atoms with van der Waals surface area (Å²) in [5.74, 6) is 0. The zero-order chi connectivity index (χ0) is 6.69. The number of aryl methyl sites for hydroxylation is 2. The maximum Gasteiger partial charge on any atom is 0.138 e. The Balaban J connectivity index is 2.74. The normalized spacial score (nSPS) is 10.0. The van der Waals surface area contributed by atoms with Crippen LogP contribution in [0.15, 0.2) is 0 Å². The van der Waals surface area contributed by atoms with E-state index in [0.29, 0.717) is 0 Å². The highest BCUT2D eigenvalue weighted by molar-refractivity contribution is 4.86. The van der Waals surface area contributed by atoms with Crippen molar-refractivity contribution in [3.05, 3.63) is 11.9 Å². The van der Waals surface area contributed by atoms with Gasteiger partial charge in [0.2, 0.25) is 0 Å². The molecule has 0 aliphatic heterocycles. The molecule has 3 nitrogen and oxygen atoms in total. The fourth-order valence-corrected chi connectivity index (χ4v) is 0.591. The minimum atomic E-state index is 0.830. The molecule has 1 radical (unpaired) electrons. The van der Waals surface area contributed by atoms with Crippen molar-refractivity contribution in [2.24, 2.45) is 0 Å². The minimum Gasteiger partial charge on any atom is -0.184 e. The van der Waals surface area contributed by atoms with E-state index in [1.807, 2.05) is 13.8 Å². The Kier molecular flexibility index (Phi) is 1.82. The number of nitrogens with zero attached hydrogens (tertiary/aromatic N) is 3. The van der Waals surface area contributed by atoms with Crippen LogP contribution >= 0.6 is 0 Å². The first-order valence-corrected chi connectivity index (χ1v) is 3.18. The third-order valence-corrected chi connectivity index (χ3v) is 1.15. The molecule has 0 aliphatic rings. The van der Waals surface area contributed by atoms with Crippen molar-refractivity contribution in [2.75, 3.05) is 0 Å². The van der Waals surface area contributed by atoms with Crippen molar-refractivity contribution in [3.8, 4) is 0 Å². The standard InChI is InChI=1S/C6H10N3/c1-3-6-5-7-9(4-2)8-6/h3-4H2,1-2H3. The first kappa shape index (κ1) is 6.26. The molecule has 0 N–H and O–H groups in total. The lowest BCUT2D eigenvalue weighted by Gasteiger charge is -1.87. The molecule has 0 aromatic carbocycles. The second-order valence-electron chi connectivity index (χ2n) is 1.80. The van der Waals surface area contributed by atoms with E-state index >= 15 is 0 Å². The molecule has 0 saturated heterocycles. The van der Waals surface area contributed by atoms with Crippen LogP contribution in [0.25, 0.3) is 0 Å². The van der Waals surface area contributed by atoms with Gasteiger partial charge in [0.05, 0.1) is 12.2 Å². The summed E-state index contributed by atoms with van der Waals surface area (Å²) in [4.78, 5) is 1.64. The Bertz CT molecular complexity index is 162. The molecule has 0 unspecified atom stereocenters. The maximum atomic E-state index is 4.10. The van der Waals surface area contributed by atoms with Gasteiger partial charge in [0.1, 0.15) is 6.20 Å². The molecule has 1 aromatic heterocycles. The van der Waals surface area contributed by atoms with E-state index in [9.17, 15) is 0 Å². The zero-order valence-corrected chi connectivity index (χ0v) is 5.76. The van der Waals surface area contributed by atoms with Crippen molar-refractivity contribution < 1.29 is 0 Å². The van der Waals surface area contributed by atoms with Crippen LogP contribution in [0.4, 0.5) is 0 Å². The monoisotopic (exact) mass is 124 g/mol. The van der Waals surface area contributed by atoms with Crippen LogP contribution in [0.5, 0.6) is 0 Å². The van der Waals surface area contributed by atoms with Gasteiger partial charge in [-0.15, -0.1) is 0 Å². The van der Waals surface area contributed by atoms with Crippen LogP contribution < -0.4 is 0 Å². The highest BCUT2D eigenvalue weighted by atomic mass is 15.5. The average Bonchev–Trinajstić information content (AvgIpc) is 2.34. The Morgan fingerprint density at radius 2 is 2.33 bits per heavy atom. The number of hydrogen-bond donors (Lipinski definition) is 0. The smallest absolute Gasteiger partial charge is 0.138 e. The quantitative estimate of drug-likeness (QED) is 0.580. The fraction of sp³-hybridized carbons (Fsp3) is 0.667. The Morgan fingerprint density at radius 1 is 1.56 bits per heavy atom. The van der Waals surface area contributed by atoms with Crippen molar-refractivity contribution in [3.63, 3.8) is 0 Å². The summed E-state index contributed by atoms with van der Waals surface area (Å²) in [6.45, 7) is 4.88. The summed E-state index contributed by atoms with van der Waals surface area (Å²) in [5, 5.41) is 7.98. The number of rotatable bonds is 2. The summed E-state index contributed by atoms with van der Waals surface area (Å²) in [6, 6.07) is 0. The van der Waals surface area contributed by atoms with E-state index < -0.39 is 0 Å². The maximum absolute atomic E-state index is 4.10. The second-order valence-corrected chi connectivity index (χ2v) is 1.80. The molecule has 1 rings (SSSR count). The van der Waals surface area contributed by atoms with Crippen LogP contribution in [0.3, 0.4) is 0 Å². The summed E-state index contributed by atoms with van der Waals surface area (Å²) in [7, 11) is 0. The third kappa shape index (κ3) is 1.28. The molecule has 0 atom stereocenters. The largest absolute Gasteiger partial charge is 0.184 e. The lowest BCUT2D eigenvalue weighted by molar-refractivity contribution is 0.564. The van der Waals surface area contributed by atoms with Crippen LogP contribution in [0.2, 0.25) is 0 Å². The molecule has 0 saturated carbocycles. The number of hydrogen-bond acceptors (Lipinski definition) is 2. The molecular formula is C6H10N3. The summed E-state index contributed by atoms with van der Waals surface area (Å²) >= 11 is 0. The third-order valence-electron chi connectivity index (χ3n) is 1.15. The van der Waals surface area contributed by atoms with Gasteiger partial charge in [-0.2, -0.15) is 15.0 Å². The zero-order valence-electron chi connectivity index (χ0n) is 5.76. The van der Waals surface area contributed by atoms with Gasteiger partial charge in [-0.05, 0) is 13.3 Å². The van der Waals surface area contributed by atoms with Gasteiger partial charge in [-0.3, -0.25) is 0 Å². The van der Waals surface area contributed by atoms with Gasteiger partial charge < -0.3 is 0 Å². The van der Waals surface area contributed by atoms with Crippen LogP contribution in [0, 0.1) is 6.20 Å². The van der Waals surface area contributed by atoms with Crippen molar-refractivity contribution in [2.45, 2.75) is 26.8 Å². The molecule has 9 heavy (non-hydrogen) atoms. The number of aromatic nitrogens is 3. The minimum absolute atomic E-state index is 0.830. The molecule has 0 fully saturated rings. The summed E-state index contributed by atoms with van der Waals surface area (Å²) in [5.41, 5.74) is 0.942. The van der Waals surface area contributed by atoms with E-state index in [1.54, 1.807) is 4.80 Å². The lowest BCUT2D eigenvalue weighted by Crippen LogP contribution is -1.98. The topological polar surface area (TPSA) is 30.7 Å². The van der Waals surface area contributed by atoms with E-state index in [0.717, 1.165) is 18.7 Å². The van der Waals surface area contributed by atoms with Crippen LogP contribution in [0.1, 0.15) is 19.5 Å². The Hall–Kier alpha value is -0.860. The molecule has 0 spiro atoms. The molecule has 0 aliphatic carbocycles. The highest BCUT2D eigenvalue weighted by Gasteiger charge is 1.93. The van der Waals surface area contributed by atoms with E-state index in [4.69, 9.17) is 0 Å². The molecule has 3 heteroatoms. The highest BCUT2D eigenvalue weighted by Crippen LogP contribution is 1.89. The van der Waals surface area contributed by atoms with Gasteiger partial charge in [-0.25, -0.2) is 0 Å². The summed E-state index contributed by atoms with van der Waals surface area (Å²) in [6.07, 6.45) is 3.72. The first-order chi connectivity index (χ1) is 4.36. The van der Waals surface area contributed by atoms with Gasteiger partial charge in [0, 0.05) is 0 Å². The fourth-order valence-electron chi connectivity index (χ4n) is 0.591. The molecule has 1 heterocycles. The van der Waals surface area contributed by atoms with Gasteiger partial charge in [0.25, 0.3) is 0 Å². The predicted molar refractivity (Wildman–Crippen MR) is 33.9 cm³/mol. The van der Waals surface area contributed by atoms with Crippen molar-refractivity contribution >= 4 is 0 Å². The predicted octanol–water partition coefficient (Wildman–Crippen LogP) is 0.661. The van der Waals surface area contributed by atoms with Gasteiger partial charge in [-0.1, -0.05) is 6.92 Å². The van der Waals surface area contributed by atoms with Crippen LogP contribution in [-0.2, 0) is 13.0 Å². The van der Waals surface area contributed by atoms with Crippen molar-refractivity contribution in [1.82, 2.24) is 15.0 Å². The first-order valence-electron chi connectivity index (χ1n) is 3.18. The summed E-state index contributed by atoms with van der Waals surface area (Å²) < 4.78 is 0. The van der Waals surface area contributed by atoms with Crippen LogP contribution in [-0.4, -0.2) is 15.0 Å². The van der Waals surface area contributed by atoms with E-state index in [-0.39, 0.29) is 0 Å². The lowest BCUT2D eigenvalue weighted by atomic mass is 10.4. The SMILES string of the molecule is CCc1[c]nn(CC)n1. The van der Waals surface area contributed by atoms with Gasteiger partial charge >= 0.3 is 0 Å². The average molecular weight is 124 g/mol. The second kappa shape index (κ2) is 2.62. The van der Waals surface area contributed by atoms with E-state index in [1.165, 1.54) is 0 Å². The van der Waals surface area contributed by atoms with E-state index in [2.05, 4.69) is 16.4 Å². The molecule has 0 bridgehead atoms. The van der Waals surface area contributed by atoms with Gasteiger partial charge in [0.15, 0.2) is 0 Å². The Morgan fingerprint density at radius 3 is 2.67 bits per heavy atom.